The van der Waals surface area contributed by atoms with Crippen molar-refractivity contribution in [3.05, 3.63) is 89.4 Å². The van der Waals surface area contributed by atoms with E-state index < -0.39 is 0 Å². The van der Waals surface area contributed by atoms with E-state index in [9.17, 15) is 14.0 Å². The van der Waals surface area contributed by atoms with Gasteiger partial charge in [0.1, 0.15) is 5.82 Å². The second-order valence-electron chi connectivity index (χ2n) is 6.60. The van der Waals surface area contributed by atoms with Crippen molar-refractivity contribution < 1.29 is 14.0 Å². The van der Waals surface area contributed by atoms with Crippen LogP contribution in [0.4, 0.5) is 4.39 Å². The minimum atomic E-state index is -0.335. The molecule has 0 aliphatic rings. The van der Waals surface area contributed by atoms with Crippen LogP contribution in [0, 0.1) is 12.7 Å². The first-order chi connectivity index (χ1) is 14.0. The molecule has 5 nitrogen and oxygen atoms in total. The van der Waals surface area contributed by atoms with Crippen molar-refractivity contribution in [3.8, 4) is 11.3 Å². The van der Waals surface area contributed by atoms with Crippen LogP contribution in [-0.2, 0) is 11.2 Å². The molecule has 0 unspecified atom stereocenters. The minimum absolute atomic E-state index is 0.165. The molecule has 0 spiro atoms. The van der Waals surface area contributed by atoms with E-state index in [-0.39, 0.29) is 24.1 Å². The van der Waals surface area contributed by atoms with Gasteiger partial charge in [-0.2, -0.15) is 0 Å². The second-order valence-corrected chi connectivity index (χ2v) is 6.60. The number of rotatable bonds is 7. The first-order valence-electron chi connectivity index (χ1n) is 9.35. The Morgan fingerprint density at radius 2 is 1.59 bits per heavy atom. The molecule has 1 heterocycles. The van der Waals surface area contributed by atoms with Crippen molar-refractivity contribution in [3.63, 3.8) is 0 Å². The maximum atomic E-state index is 12.9. The van der Waals surface area contributed by atoms with Gasteiger partial charge in [0.05, 0.1) is 23.4 Å². The van der Waals surface area contributed by atoms with Crippen LogP contribution in [0.2, 0.25) is 0 Å². The topological polar surface area (TPSA) is 71.1 Å². The zero-order valence-corrected chi connectivity index (χ0v) is 16.1. The Morgan fingerprint density at radius 3 is 2.28 bits per heavy atom. The number of hydrogen-bond acceptors (Lipinski definition) is 3. The molecule has 2 amide bonds. The van der Waals surface area contributed by atoms with Crippen molar-refractivity contribution >= 4 is 11.8 Å². The molecule has 0 radical (unpaired) electrons. The summed E-state index contributed by atoms with van der Waals surface area (Å²) >= 11 is 0. The average Bonchev–Trinajstić information content (AvgIpc) is 2.73. The molecule has 0 fully saturated rings. The fourth-order valence-electron chi connectivity index (χ4n) is 2.89. The van der Waals surface area contributed by atoms with Crippen LogP contribution in [0.5, 0.6) is 0 Å². The number of carbonyl (C=O) groups excluding carboxylic acids is 2. The van der Waals surface area contributed by atoms with Gasteiger partial charge in [-0.25, -0.2) is 4.39 Å². The van der Waals surface area contributed by atoms with Gasteiger partial charge in [-0.1, -0.05) is 42.5 Å². The molecule has 2 N–H and O–H groups in total. The Morgan fingerprint density at radius 1 is 0.897 bits per heavy atom. The molecule has 6 heteroatoms. The second kappa shape index (κ2) is 9.59. The summed E-state index contributed by atoms with van der Waals surface area (Å²) < 4.78 is 12.9. The van der Waals surface area contributed by atoms with E-state index in [2.05, 4.69) is 15.6 Å². The third-order valence-corrected chi connectivity index (χ3v) is 4.41. The van der Waals surface area contributed by atoms with Crippen LogP contribution in [0.15, 0.2) is 66.7 Å². The van der Waals surface area contributed by atoms with E-state index in [4.69, 9.17) is 0 Å². The lowest BCUT2D eigenvalue weighted by atomic mass is 10.1. The van der Waals surface area contributed by atoms with E-state index in [1.807, 2.05) is 36.4 Å². The van der Waals surface area contributed by atoms with Crippen molar-refractivity contribution in [1.82, 2.24) is 15.6 Å². The summed E-state index contributed by atoms with van der Waals surface area (Å²) in [5.74, 6) is -0.753. The number of amides is 2. The fraction of sp³-hybridized carbons (Fsp3) is 0.174. The number of pyridine rings is 1. The van der Waals surface area contributed by atoms with Crippen LogP contribution in [0.25, 0.3) is 11.3 Å². The fourth-order valence-corrected chi connectivity index (χ4v) is 2.89. The van der Waals surface area contributed by atoms with Gasteiger partial charge in [-0.3, -0.25) is 14.6 Å². The van der Waals surface area contributed by atoms with E-state index in [0.29, 0.717) is 24.3 Å². The summed E-state index contributed by atoms with van der Waals surface area (Å²) in [4.78, 5) is 28.8. The van der Waals surface area contributed by atoms with Crippen molar-refractivity contribution in [1.29, 1.82) is 0 Å². The maximum absolute atomic E-state index is 12.9. The van der Waals surface area contributed by atoms with Gasteiger partial charge in [0, 0.05) is 18.7 Å². The van der Waals surface area contributed by atoms with Crippen LogP contribution >= 0.6 is 0 Å². The summed E-state index contributed by atoms with van der Waals surface area (Å²) in [5, 5.41) is 5.52. The molecule has 1 aromatic heterocycles. The lowest BCUT2D eigenvalue weighted by Crippen LogP contribution is -2.35. The molecule has 29 heavy (non-hydrogen) atoms. The molecule has 2 aromatic carbocycles. The Labute approximate surface area is 169 Å². The Balaban J connectivity index is 1.47. The number of carbonyl (C=O) groups is 2. The number of aryl methyl sites for hydroxylation is 1. The zero-order valence-electron chi connectivity index (χ0n) is 16.1. The average molecular weight is 391 g/mol. The summed E-state index contributed by atoms with van der Waals surface area (Å²) in [6, 6.07) is 19.1. The zero-order chi connectivity index (χ0) is 20.6. The molecule has 148 valence electrons. The van der Waals surface area contributed by atoms with Crippen molar-refractivity contribution in [2.24, 2.45) is 0 Å². The number of nitrogens with one attached hydrogen (secondary N) is 2. The monoisotopic (exact) mass is 391 g/mol. The first-order valence-corrected chi connectivity index (χ1v) is 9.35. The van der Waals surface area contributed by atoms with Gasteiger partial charge in [0.15, 0.2) is 0 Å². The molecule has 3 rings (SSSR count). The number of benzene rings is 2. The number of aromatic nitrogens is 1. The van der Waals surface area contributed by atoms with E-state index in [1.165, 1.54) is 12.1 Å². The minimum Gasteiger partial charge on any atom is -0.354 e. The Kier molecular flexibility index (Phi) is 6.68. The highest BCUT2D eigenvalue weighted by atomic mass is 19.1. The third-order valence-electron chi connectivity index (χ3n) is 4.41. The molecule has 0 aliphatic heterocycles. The Hall–Kier alpha value is -3.54. The number of hydrogen-bond donors (Lipinski definition) is 2. The van der Waals surface area contributed by atoms with Gasteiger partial charge >= 0.3 is 0 Å². The molecule has 0 saturated carbocycles. The van der Waals surface area contributed by atoms with E-state index in [1.54, 1.807) is 25.1 Å². The number of halogens is 1. The number of nitrogens with zero attached hydrogens (tertiary/aromatic N) is 1. The van der Waals surface area contributed by atoms with Crippen LogP contribution < -0.4 is 10.6 Å². The molecule has 0 aliphatic carbocycles. The quantitative estimate of drug-likeness (QED) is 0.607. The third kappa shape index (κ3) is 5.72. The summed E-state index contributed by atoms with van der Waals surface area (Å²) in [5.41, 5.74) is 3.68. The molecular weight excluding hydrogens is 369 g/mol. The van der Waals surface area contributed by atoms with Gasteiger partial charge in [-0.15, -0.1) is 0 Å². The Bertz CT molecular complexity index is 989. The van der Waals surface area contributed by atoms with Crippen LogP contribution in [0.3, 0.4) is 0 Å². The van der Waals surface area contributed by atoms with Crippen molar-refractivity contribution in [2.45, 2.75) is 13.3 Å². The summed E-state index contributed by atoms with van der Waals surface area (Å²) in [7, 11) is 0. The lowest BCUT2D eigenvalue weighted by molar-refractivity contribution is -0.120. The smallest absolute Gasteiger partial charge is 0.253 e. The standard InChI is InChI=1S/C23H22FN3O2/c1-16-20(11-12-21(27-16)18-5-3-2-4-6-18)23(29)26-14-13-25-22(28)15-17-7-9-19(24)10-8-17/h2-12H,13-15H2,1H3,(H,25,28)(H,26,29). The van der Waals surface area contributed by atoms with Crippen molar-refractivity contribution in [2.75, 3.05) is 13.1 Å². The first kappa shape index (κ1) is 20.2. The van der Waals surface area contributed by atoms with E-state index >= 15 is 0 Å². The largest absolute Gasteiger partial charge is 0.354 e. The van der Waals surface area contributed by atoms with Gasteiger partial charge in [0.25, 0.3) is 5.91 Å². The molecule has 0 atom stereocenters. The lowest BCUT2D eigenvalue weighted by Gasteiger charge is -2.10. The molecule has 0 bridgehead atoms. The predicted molar refractivity (Wildman–Crippen MR) is 110 cm³/mol. The maximum Gasteiger partial charge on any atom is 0.253 e. The highest BCUT2D eigenvalue weighted by Gasteiger charge is 2.11. The predicted octanol–water partition coefficient (Wildman–Crippen LogP) is 3.28. The summed E-state index contributed by atoms with van der Waals surface area (Å²) in [6.07, 6.45) is 0.165. The highest BCUT2D eigenvalue weighted by molar-refractivity contribution is 5.95. The molecule has 0 saturated heterocycles. The molecule has 3 aromatic rings. The van der Waals surface area contributed by atoms with Gasteiger partial charge < -0.3 is 10.6 Å². The van der Waals surface area contributed by atoms with Crippen LogP contribution in [0.1, 0.15) is 21.6 Å². The SMILES string of the molecule is Cc1nc(-c2ccccc2)ccc1C(=O)NCCNC(=O)Cc1ccc(F)cc1. The normalized spacial score (nSPS) is 10.4. The van der Waals surface area contributed by atoms with Gasteiger partial charge in [0.2, 0.25) is 5.91 Å². The van der Waals surface area contributed by atoms with Crippen LogP contribution in [-0.4, -0.2) is 29.9 Å². The van der Waals surface area contributed by atoms with E-state index in [0.717, 1.165) is 16.8 Å². The highest BCUT2D eigenvalue weighted by Crippen LogP contribution is 2.18. The van der Waals surface area contributed by atoms with Gasteiger partial charge in [-0.05, 0) is 36.8 Å². The molecular formula is C23H22FN3O2. The summed E-state index contributed by atoms with van der Waals surface area (Å²) in [6.45, 7) is 2.40.